The van der Waals surface area contributed by atoms with Gasteiger partial charge in [-0.15, -0.1) is 24.0 Å². The molecule has 2 atom stereocenters. The molecule has 0 amide bonds. The molecule has 2 unspecified atom stereocenters. The van der Waals surface area contributed by atoms with E-state index in [1.165, 1.54) is 12.8 Å². The summed E-state index contributed by atoms with van der Waals surface area (Å²) in [5, 5.41) is 0. The van der Waals surface area contributed by atoms with Crippen LogP contribution >= 0.6 is 24.0 Å². The van der Waals surface area contributed by atoms with E-state index in [0.29, 0.717) is 30.9 Å². The van der Waals surface area contributed by atoms with Gasteiger partial charge >= 0.3 is 0 Å². The number of hydrogen-bond acceptors (Lipinski definition) is 4. The number of guanidine groups is 1. The van der Waals surface area contributed by atoms with Gasteiger partial charge in [-0.2, -0.15) is 0 Å². The zero-order valence-electron chi connectivity index (χ0n) is 14.2. The number of pyridine rings is 1. The predicted octanol–water partition coefficient (Wildman–Crippen LogP) is 2.41. The van der Waals surface area contributed by atoms with E-state index in [-0.39, 0.29) is 30.1 Å². The molecule has 2 fully saturated rings. The Bertz CT molecular complexity index is 549. The summed E-state index contributed by atoms with van der Waals surface area (Å²) < 4.78 is 11.1. The van der Waals surface area contributed by atoms with Crippen molar-refractivity contribution in [1.29, 1.82) is 0 Å². The highest BCUT2D eigenvalue weighted by molar-refractivity contribution is 14.0. The van der Waals surface area contributed by atoms with Crippen molar-refractivity contribution < 1.29 is 9.47 Å². The maximum Gasteiger partial charge on any atom is 0.213 e. The molecule has 1 aromatic rings. The van der Waals surface area contributed by atoms with Gasteiger partial charge in [-0.05, 0) is 30.4 Å². The lowest BCUT2D eigenvalue weighted by atomic mass is 10.0. The summed E-state index contributed by atoms with van der Waals surface area (Å²) in [6, 6.07) is 3.89. The SMILES string of the molecule is CC1CCCN(C(N)=NCc2ccnc(OC3CCOC3)c2)C1.I. The minimum atomic E-state index is 0. The highest BCUT2D eigenvalue weighted by atomic mass is 127. The Labute approximate surface area is 160 Å². The summed E-state index contributed by atoms with van der Waals surface area (Å²) in [4.78, 5) is 11.0. The van der Waals surface area contributed by atoms with Gasteiger partial charge in [-0.1, -0.05) is 6.92 Å². The molecule has 3 rings (SSSR count). The number of hydrogen-bond donors (Lipinski definition) is 1. The Morgan fingerprint density at radius 3 is 3.12 bits per heavy atom. The van der Waals surface area contributed by atoms with Gasteiger partial charge in [-0.25, -0.2) is 9.98 Å². The van der Waals surface area contributed by atoms with E-state index in [1.54, 1.807) is 6.20 Å². The van der Waals surface area contributed by atoms with E-state index in [9.17, 15) is 0 Å². The monoisotopic (exact) mass is 446 g/mol. The molecule has 0 radical (unpaired) electrons. The van der Waals surface area contributed by atoms with E-state index in [4.69, 9.17) is 15.2 Å². The van der Waals surface area contributed by atoms with E-state index in [0.717, 1.165) is 31.7 Å². The van der Waals surface area contributed by atoms with Crippen molar-refractivity contribution in [3.63, 3.8) is 0 Å². The first kappa shape index (κ1) is 19.2. The lowest BCUT2D eigenvalue weighted by molar-refractivity contribution is 0.138. The second-order valence-corrected chi connectivity index (χ2v) is 6.47. The summed E-state index contributed by atoms with van der Waals surface area (Å²) in [5.41, 5.74) is 7.20. The third-order valence-corrected chi connectivity index (χ3v) is 4.38. The maximum absolute atomic E-state index is 6.14. The van der Waals surface area contributed by atoms with Crippen molar-refractivity contribution in [2.45, 2.75) is 38.8 Å². The van der Waals surface area contributed by atoms with Crippen LogP contribution in [0.1, 0.15) is 31.7 Å². The van der Waals surface area contributed by atoms with Gasteiger partial charge < -0.3 is 20.1 Å². The Kier molecular flexibility index (Phi) is 7.54. The van der Waals surface area contributed by atoms with E-state index >= 15 is 0 Å². The first-order chi connectivity index (χ1) is 11.2. The van der Waals surface area contributed by atoms with Crippen molar-refractivity contribution in [3.8, 4) is 5.88 Å². The summed E-state index contributed by atoms with van der Waals surface area (Å²) in [6.45, 7) is 6.23. The fraction of sp³-hybridized carbons (Fsp3) is 0.647. The van der Waals surface area contributed by atoms with Gasteiger partial charge in [0.05, 0.1) is 19.8 Å². The molecule has 2 N–H and O–H groups in total. The number of nitrogens with two attached hydrogens (primary N) is 1. The average Bonchev–Trinajstić information content (AvgIpc) is 3.06. The van der Waals surface area contributed by atoms with E-state index in [2.05, 4.69) is 21.8 Å². The van der Waals surface area contributed by atoms with Gasteiger partial charge in [0.25, 0.3) is 0 Å². The molecule has 0 bridgehead atoms. The molecule has 2 aliphatic heterocycles. The number of halogens is 1. The molecule has 3 heterocycles. The van der Waals surface area contributed by atoms with Crippen LogP contribution in [0.2, 0.25) is 0 Å². The third kappa shape index (κ3) is 5.47. The molecule has 7 heteroatoms. The molecule has 0 spiro atoms. The number of likely N-dealkylation sites (tertiary alicyclic amines) is 1. The third-order valence-electron chi connectivity index (χ3n) is 4.38. The minimum Gasteiger partial charge on any atom is -0.472 e. The van der Waals surface area contributed by atoms with E-state index in [1.807, 2.05) is 12.1 Å². The first-order valence-corrected chi connectivity index (χ1v) is 8.45. The van der Waals surface area contributed by atoms with Gasteiger partial charge in [0.1, 0.15) is 6.10 Å². The van der Waals surface area contributed by atoms with Crippen molar-refractivity contribution in [1.82, 2.24) is 9.88 Å². The van der Waals surface area contributed by atoms with Crippen molar-refractivity contribution in [2.75, 3.05) is 26.3 Å². The summed E-state index contributed by atoms with van der Waals surface area (Å²) in [6.07, 6.45) is 5.26. The summed E-state index contributed by atoms with van der Waals surface area (Å²) >= 11 is 0. The van der Waals surface area contributed by atoms with E-state index < -0.39 is 0 Å². The molecular weight excluding hydrogens is 419 g/mol. The molecule has 0 saturated carbocycles. The molecular formula is C17H27IN4O2. The van der Waals surface area contributed by atoms with Crippen LogP contribution in [0.15, 0.2) is 23.3 Å². The second-order valence-electron chi connectivity index (χ2n) is 6.47. The number of aromatic nitrogens is 1. The van der Waals surface area contributed by atoms with Crippen LogP contribution in [0, 0.1) is 5.92 Å². The Balaban J connectivity index is 0.00000208. The lowest BCUT2D eigenvalue weighted by Gasteiger charge is -2.31. The Morgan fingerprint density at radius 2 is 2.38 bits per heavy atom. The van der Waals surface area contributed by atoms with Gasteiger partial charge in [-0.3, -0.25) is 0 Å². The largest absolute Gasteiger partial charge is 0.472 e. The normalized spacial score (nSPS) is 24.5. The fourth-order valence-electron chi connectivity index (χ4n) is 3.06. The van der Waals surface area contributed by atoms with Crippen LogP contribution in [0.25, 0.3) is 0 Å². The summed E-state index contributed by atoms with van der Waals surface area (Å²) in [7, 11) is 0. The van der Waals surface area contributed by atoms with Crippen LogP contribution < -0.4 is 10.5 Å². The number of piperidine rings is 1. The highest BCUT2D eigenvalue weighted by Gasteiger charge is 2.18. The van der Waals surface area contributed by atoms with Crippen LogP contribution in [-0.2, 0) is 11.3 Å². The van der Waals surface area contributed by atoms with Gasteiger partial charge in [0.15, 0.2) is 5.96 Å². The smallest absolute Gasteiger partial charge is 0.213 e. The molecule has 0 aliphatic carbocycles. The van der Waals surface area contributed by atoms with Crippen molar-refractivity contribution in [2.24, 2.45) is 16.6 Å². The molecule has 134 valence electrons. The molecule has 2 saturated heterocycles. The molecule has 2 aliphatic rings. The zero-order valence-corrected chi connectivity index (χ0v) is 16.5. The first-order valence-electron chi connectivity index (χ1n) is 8.45. The molecule has 24 heavy (non-hydrogen) atoms. The molecule has 6 nitrogen and oxygen atoms in total. The second kappa shape index (κ2) is 9.41. The van der Waals surface area contributed by atoms with Crippen LogP contribution in [-0.4, -0.2) is 48.3 Å². The van der Waals surface area contributed by atoms with Crippen LogP contribution in [0.4, 0.5) is 0 Å². The average molecular weight is 446 g/mol. The topological polar surface area (TPSA) is 73.0 Å². The van der Waals surface area contributed by atoms with Gasteiger partial charge in [0.2, 0.25) is 5.88 Å². The standard InChI is InChI=1S/C17H26N4O2.HI/c1-13-3-2-7-21(11-13)17(18)20-10-14-4-6-19-16(9-14)23-15-5-8-22-12-15;/h4,6,9,13,15H,2-3,5,7-8,10-12H2,1H3,(H2,18,20);1H. The fourth-order valence-corrected chi connectivity index (χ4v) is 3.06. The van der Waals surface area contributed by atoms with Crippen molar-refractivity contribution >= 4 is 29.9 Å². The van der Waals surface area contributed by atoms with Gasteiger partial charge in [0, 0.05) is 31.8 Å². The van der Waals surface area contributed by atoms with Crippen molar-refractivity contribution in [3.05, 3.63) is 23.9 Å². The summed E-state index contributed by atoms with van der Waals surface area (Å²) in [5.74, 6) is 1.96. The Morgan fingerprint density at radius 1 is 1.50 bits per heavy atom. The lowest BCUT2D eigenvalue weighted by Crippen LogP contribution is -2.43. The highest BCUT2D eigenvalue weighted by Crippen LogP contribution is 2.17. The maximum atomic E-state index is 6.14. The Hall–Kier alpha value is -1.09. The minimum absolute atomic E-state index is 0. The quantitative estimate of drug-likeness (QED) is 0.437. The number of ether oxygens (including phenoxy) is 2. The number of rotatable bonds is 4. The van der Waals surface area contributed by atoms with Crippen LogP contribution in [0.5, 0.6) is 5.88 Å². The molecule has 1 aromatic heterocycles. The number of aliphatic imine (C=N–C) groups is 1. The predicted molar refractivity (Wildman–Crippen MR) is 105 cm³/mol. The zero-order chi connectivity index (χ0) is 16.1. The number of nitrogens with zero attached hydrogens (tertiary/aromatic N) is 3. The molecule has 0 aromatic carbocycles. The van der Waals surface area contributed by atoms with Crippen LogP contribution in [0.3, 0.4) is 0 Å².